The van der Waals surface area contributed by atoms with E-state index in [1.165, 1.54) is 37.9 Å². The van der Waals surface area contributed by atoms with E-state index in [9.17, 15) is 0 Å². The van der Waals surface area contributed by atoms with Crippen molar-refractivity contribution in [1.82, 2.24) is 0 Å². The summed E-state index contributed by atoms with van der Waals surface area (Å²) in [6, 6.07) is 0. The maximum Gasteiger partial charge on any atom is 0.0476 e. The first kappa shape index (κ1) is 11.7. The Labute approximate surface area is 90.6 Å². The second kappa shape index (κ2) is 7.95. The van der Waals surface area contributed by atoms with Gasteiger partial charge in [-0.25, -0.2) is 0 Å². The molecule has 0 spiro atoms. The van der Waals surface area contributed by atoms with E-state index in [1.54, 1.807) is 0 Å². The fourth-order valence-corrected chi connectivity index (χ4v) is 2.88. The molecule has 1 saturated heterocycles. The Balaban J connectivity index is 1.86. The van der Waals surface area contributed by atoms with Gasteiger partial charge in [-0.15, -0.1) is 11.6 Å². The number of unbranched alkanes of at least 4 members (excludes halogenated alkanes) is 2. The van der Waals surface area contributed by atoms with Crippen molar-refractivity contribution in [3.8, 4) is 0 Å². The Hall–Kier alpha value is 0.600. The van der Waals surface area contributed by atoms with Crippen LogP contribution >= 0.6 is 23.4 Å². The summed E-state index contributed by atoms with van der Waals surface area (Å²) in [6.07, 6.45) is 6.30. The first-order valence-corrected chi connectivity index (χ1v) is 6.77. The quantitative estimate of drug-likeness (QED) is 0.504. The van der Waals surface area contributed by atoms with Gasteiger partial charge in [-0.3, -0.25) is 0 Å². The van der Waals surface area contributed by atoms with Crippen molar-refractivity contribution in [3.05, 3.63) is 0 Å². The van der Waals surface area contributed by atoms with Crippen LogP contribution in [-0.2, 0) is 4.74 Å². The van der Waals surface area contributed by atoms with Crippen molar-refractivity contribution in [3.63, 3.8) is 0 Å². The maximum absolute atomic E-state index is 5.61. The third-order valence-corrected chi connectivity index (χ3v) is 4.03. The first-order valence-electron chi connectivity index (χ1n) is 5.19. The molecule has 3 heteroatoms. The number of rotatable bonds is 6. The molecule has 0 unspecified atom stereocenters. The maximum atomic E-state index is 5.61. The van der Waals surface area contributed by atoms with Gasteiger partial charge in [0.1, 0.15) is 0 Å². The molecule has 1 rings (SSSR count). The molecule has 1 fully saturated rings. The van der Waals surface area contributed by atoms with E-state index in [0.717, 1.165) is 24.3 Å². The molecule has 13 heavy (non-hydrogen) atoms. The van der Waals surface area contributed by atoms with Crippen LogP contribution in [-0.4, -0.2) is 30.1 Å². The Kier molecular flexibility index (Phi) is 7.14. The van der Waals surface area contributed by atoms with Gasteiger partial charge in [0, 0.05) is 24.3 Å². The van der Waals surface area contributed by atoms with E-state index in [0.29, 0.717) is 0 Å². The van der Waals surface area contributed by atoms with Gasteiger partial charge >= 0.3 is 0 Å². The van der Waals surface area contributed by atoms with Crippen LogP contribution in [0.4, 0.5) is 0 Å². The van der Waals surface area contributed by atoms with Crippen molar-refractivity contribution in [2.45, 2.75) is 37.4 Å². The number of ether oxygens (including phenoxy) is 1. The molecular formula is C10H19ClOS. The molecule has 1 nitrogen and oxygen atoms in total. The second-order valence-electron chi connectivity index (χ2n) is 3.43. The molecular weight excluding hydrogens is 204 g/mol. The molecule has 1 aliphatic heterocycles. The molecule has 0 amide bonds. The predicted octanol–water partition coefficient (Wildman–Crippen LogP) is 3.31. The lowest BCUT2D eigenvalue weighted by Gasteiger charge is -2.21. The molecule has 1 heterocycles. The standard InChI is InChI=1S/C10H19ClOS/c11-6-2-1-3-9-13-10-4-7-12-8-5-10/h10H,1-9H2. The zero-order chi connectivity index (χ0) is 9.36. The zero-order valence-electron chi connectivity index (χ0n) is 8.14. The number of hydrogen-bond acceptors (Lipinski definition) is 2. The lowest BCUT2D eigenvalue weighted by Crippen LogP contribution is -2.17. The highest BCUT2D eigenvalue weighted by atomic mass is 35.5. The van der Waals surface area contributed by atoms with Crippen LogP contribution in [0.15, 0.2) is 0 Å². The smallest absolute Gasteiger partial charge is 0.0476 e. The van der Waals surface area contributed by atoms with Crippen LogP contribution in [0.2, 0.25) is 0 Å². The van der Waals surface area contributed by atoms with Crippen LogP contribution < -0.4 is 0 Å². The van der Waals surface area contributed by atoms with E-state index in [4.69, 9.17) is 16.3 Å². The van der Waals surface area contributed by atoms with Gasteiger partial charge in [-0.05, 0) is 31.4 Å². The van der Waals surface area contributed by atoms with E-state index < -0.39 is 0 Å². The van der Waals surface area contributed by atoms with Crippen LogP contribution in [0.25, 0.3) is 0 Å². The number of halogens is 1. The van der Waals surface area contributed by atoms with E-state index >= 15 is 0 Å². The van der Waals surface area contributed by atoms with E-state index in [-0.39, 0.29) is 0 Å². The third-order valence-electron chi connectivity index (χ3n) is 2.30. The number of hydrogen-bond donors (Lipinski definition) is 0. The van der Waals surface area contributed by atoms with Crippen LogP contribution in [0.1, 0.15) is 32.1 Å². The van der Waals surface area contributed by atoms with Gasteiger partial charge in [-0.1, -0.05) is 6.42 Å². The third kappa shape index (κ3) is 5.82. The highest BCUT2D eigenvalue weighted by Crippen LogP contribution is 2.22. The molecule has 0 aromatic heterocycles. The summed E-state index contributed by atoms with van der Waals surface area (Å²) in [6.45, 7) is 1.94. The summed E-state index contributed by atoms with van der Waals surface area (Å²) in [7, 11) is 0. The fourth-order valence-electron chi connectivity index (χ4n) is 1.47. The Morgan fingerprint density at radius 1 is 1.15 bits per heavy atom. The summed E-state index contributed by atoms with van der Waals surface area (Å²) >= 11 is 7.73. The average molecular weight is 223 g/mol. The van der Waals surface area contributed by atoms with Gasteiger partial charge in [0.05, 0.1) is 0 Å². The first-order chi connectivity index (χ1) is 6.43. The van der Waals surface area contributed by atoms with Crippen LogP contribution in [0.5, 0.6) is 0 Å². The molecule has 0 aliphatic carbocycles. The minimum Gasteiger partial charge on any atom is -0.381 e. The van der Waals surface area contributed by atoms with Gasteiger partial charge in [0.2, 0.25) is 0 Å². The van der Waals surface area contributed by atoms with Gasteiger partial charge in [0.15, 0.2) is 0 Å². The summed E-state index contributed by atoms with van der Waals surface area (Å²) in [5.74, 6) is 2.13. The molecule has 1 aliphatic rings. The van der Waals surface area contributed by atoms with Crippen molar-refractivity contribution >= 4 is 23.4 Å². The SMILES string of the molecule is ClCCCCCSC1CCOCC1. The fraction of sp³-hybridized carbons (Fsp3) is 1.00. The molecule has 0 bridgehead atoms. The average Bonchev–Trinajstić information content (AvgIpc) is 2.19. The highest BCUT2D eigenvalue weighted by molar-refractivity contribution is 7.99. The molecule has 0 aromatic carbocycles. The summed E-state index contributed by atoms with van der Waals surface area (Å²) in [4.78, 5) is 0. The van der Waals surface area contributed by atoms with Crippen molar-refractivity contribution < 1.29 is 4.74 Å². The Bertz CT molecular complexity index is 115. The topological polar surface area (TPSA) is 9.23 Å². The largest absolute Gasteiger partial charge is 0.381 e. The van der Waals surface area contributed by atoms with Crippen LogP contribution in [0, 0.1) is 0 Å². The molecule has 0 saturated carbocycles. The summed E-state index contributed by atoms with van der Waals surface area (Å²) < 4.78 is 5.31. The lowest BCUT2D eigenvalue weighted by atomic mass is 10.2. The minimum absolute atomic E-state index is 0.821. The van der Waals surface area contributed by atoms with Gasteiger partial charge in [0.25, 0.3) is 0 Å². The second-order valence-corrected chi connectivity index (χ2v) is 5.22. The number of thioether (sulfide) groups is 1. The Morgan fingerprint density at radius 2 is 1.92 bits per heavy atom. The minimum atomic E-state index is 0.821. The predicted molar refractivity (Wildman–Crippen MR) is 60.9 cm³/mol. The van der Waals surface area contributed by atoms with Crippen LogP contribution in [0.3, 0.4) is 0 Å². The molecule has 0 N–H and O–H groups in total. The van der Waals surface area contributed by atoms with Crippen molar-refractivity contribution in [2.24, 2.45) is 0 Å². The summed E-state index contributed by atoms with van der Waals surface area (Å²) in [5.41, 5.74) is 0. The zero-order valence-corrected chi connectivity index (χ0v) is 9.71. The summed E-state index contributed by atoms with van der Waals surface area (Å²) in [5, 5.41) is 0.866. The monoisotopic (exact) mass is 222 g/mol. The normalized spacial score (nSPS) is 19.2. The molecule has 0 atom stereocenters. The van der Waals surface area contributed by atoms with Gasteiger partial charge in [-0.2, -0.15) is 11.8 Å². The number of alkyl halides is 1. The molecule has 0 aromatic rings. The van der Waals surface area contributed by atoms with Crippen molar-refractivity contribution in [1.29, 1.82) is 0 Å². The van der Waals surface area contributed by atoms with Crippen molar-refractivity contribution in [2.75, 3.05) is 24.8 Å². The molecule has 78 valence electrons. The van der Waals surface area contributed by atoms with Gasteiger partial charge < -0.3 is 4.74 Å². The lowest BCUT2D eigenvalue weighted by molar-refractivity contribution is 0.100. The molecule has 0 radical (unpaired) electrons. The van der Waals surface area contributed by atoms with E-state index in [2.05, 4.69) is 11.8 Å². The Morgan fingerprint density at radius 3 is 2.62 bits per heavy atom. The highest BCUT2D eigenvalue weighted by Gasteiger charge is 2.12. The van der Waals surface area contributed by atoms with E-state index in [1.807, 2.05) is 0 Å².